The molecule has 0 saturated carbocycles. The Morgan fingerprint density at radius 2 is 2.06 bits per heavy atom. The number of rotatable bonds is 6. The minimum absolute atomic E-state index is 0.220. The monoisotopic (exact) mass is 253 g/mol. The summed E-state index contributed by atoms with van der Waals surface area (Å²) in [5.41, 5.74) is 0. The molecule has 0 aliphatic carbocycles. The van der Waals surface area contributed by atoms with Gasteiger partial charge in [0.1, 0.15) is 12.6 Å². The van der Waals surface area contributed by atoms with Gasteiger partial charge in [-0.3, -0.25) is 14.3 Å². The molecule has 1 aromatic rings. The summed E-state index contributed by atoms with van der Waals surface area (Å²) in [6, 6.07) is 1.24. The summed E-state index contributed by atoms with van der Waals surface area (Å²) in [7, 11) is 0. The summed E-state index contributed by atoms with van der Waals surface area (Å²) in [6.07, 6.45) is 3.28. The first-order valence-electron chi connectivity index (χ1n) is 5.91. The highest BCUT2D eigenvalue weighted by Crippen LogP contribution is 2.10. The maximum absolute atomic E-state index is 12.2. The molecule has 0 aliphatic rings. The molecule has 1 unspecified atom stereocenters. The van der Waals surface area contributed by atoms with Gasteiger partial charge >= 0.3 is 5.97 Å². The van der Waals surface area contributed by atoms with E-state index in [0.29, 0.717) is 6.54 Å². The molecule has 1 aromatic heterocycles. The third-order valence-electron chi connectivity index (χ3n) is 2.50. The molecule has 0 saturated heterocycles. The van der Waals surface area contributed by atoms with Gasteiger partial charge < -0.3 is 10.0 Å². The number of nitrogens with zero attached hydrogens (tertiary/aromatic N) is 3. The second-order valence-electron chi connectivity index (χ2n) is 4.67. The SMILES string of the molecule is CC(C)CN(CC(=O)O)C(=O)C(C)n1cccn1. The van der Waals surface area contributed by atoms with Crippen molar-refractivity contribution in [3.05, 3.63) is 18.5 Å². The molecule has 1 heterocycles. The van der Waals surface area contributed by atoms with Gasteiger partial charge in [-0.05, 0) is 18.9 Å². The summed E-state index contributed by atoms with van der Waals surface area (Å²) in [6.45, 7) is 5.76. The Labute approximate surface area is 106 Å². The number of carbonyl (C=O) groups is 2. The van der Waals surface area contributed by atoms with Crippen molar-refractivity contribution in [2.75, 3.05) is 13.1 Å². The first kappa shape index (κ1) is 14.2. The van der Waals surface area contributed by atoms with Gasteiger partial charge in [-0.2, -0.15) is 5.10 Å². The zero-order valence-corrected chi connectivity index (χ0v) is 10.9. The minimum atomic E-state index is -1.00. The van der Waals surface area contributed by atoms with Gasteiger partial charge in [0.2, 0.25) is 5.91 Å². The van der Waals surface area contributed by atoms with Gasteiger partial charge in [0.15, 0.2) is 0 Å². The van der Waals surface area contributed by atoms with Gasteiger partial charge in [-0.1, -0.05) is 13.8 Å². The Morgan fingerprint density at radius 3 is 2.50 bits per heavy atom. The standard InChI is InChI=1S/C12H19N3O3/c1-9(2)7-14(8-11(16)17)12(18)10(3)15-6-4-5-13-15/h4-6,9-10H,7-8H2,1-3H3,(H,16,17). The number of carboxylic acids is 1. The molecule has 1 atom stereocenters. The van der Waals surface area contributed by atoms with Crippen molar-refractivity contribution in [1.82, 2.24) is 14.7 Å². The van der Waals surface area contributed by atoms with E-state index in [2.05, 4.69) is 5.10 Å². The van der Waals surface area contributed by atoms with Crippen LogP contribution in [0.1, 0.15) is 26.8 Å². The highest BCUT2D eigenvalue weighted by atomic mass is 16.4. The number of hydrogen-bond acceptors (Lipinski definition) is 3. The van der Waals surface area contributed by atoms with Gasteiger partial charge in [-0.25, -0.2) is 0 Å². The quantitative estimate of drug-likeness (QED) is 0.821. The average molecular weight is 253 g/mol. The van der Waals surface area contributed by atoms with Gasteiger partial charge in [0.05, 0.1) is 0 Å². The van der Waals surface area contributed by atoms with Gasteiger partial charge in [0.25, 0.3) is 0 Å². The summed E-state index contributed by atoms with van der Waals surface area (Å²) in [5.74, 6) is -1.01. The number of aromatic nitrogens is 2. The number of carbonyl (C=O) groups excluding carboxylic acids is 1. The van der Waals surface area contributed by atoms with Crippen LogP contribution in [0.3, 0.4) is 0 Å². The van der Waals surface area contributed by atoms with Crippen molar-refractivity contribution < 1.29 is 14.7 Å². The lowest BCUT2D eigenvalue weighted by atomic mass is 10.2. The molecule has 0 radical (unpaired) electrons. The van der Waals surface area contributed by atoms with E-state index in [4.69, 9.17) is 5.11 Å². The highest BCUT2D eigenvalue weighted by Gasteiger charge is 2.24. The maximum atomic E-state index is 12.2. The fourth-order valence-corrected chi connectivity index (χ4v) is 1.72. The highest BCUT2D eigenvalue weighted by molar-refractivity contribution is 5.83. The van der Waals surface area contributed by atoms with E-state index in [9.17, 15) is 9.59 Å². The van der Waals surface area contributed by atoms with Crippen LogP contribution >= 0.6 is 0 Å². The van der Waals surface area contributed by atoms with Crippen molar-refractivity contribution >= 4 is 11.9 Å². The topological polar surface area (TPSA) is 75.4 Å². The van der Waals surface area contributed by atoms with E-state index >= 15 is 0 Å². The third kappa shape index (κ3) is 3.87. The van der Waals surface area contributed by atoms with E-state index < -0.39 is 12.0 Å². The summed E-state index contributed by atoms with van der Waals surface area (Å²) in [5, 5.41) is 12.8. The molecule has 1 amide bonds. The Balaban J connectivity index is 2.77. The zero-order valence-electron chi connectivity index (χ0n) is 10.9. The molecule has 6 heteroatoms. The lowest BCUT2D eigenvalue weighted by Gasteiger charge is -2.25. The Hall–Kier alpha value is -1.85. The van der Waals surface area contributed by atoms with E-state index in [0.717, 1.165) is 0 Å². The predicted molar refractivity (Wildman–Crippen MR) is 66.0 cm³/mol. The average Bonchev–Trinajstić information content (AvgIpc) is 2.78. The lowest BCUT2D eigenvalue weighted by molar-refractivity contribution is -0.146. The Morgan fingerprint density at radius 1 is 1.39 bits per heavy atom. The molecule has 1 rings (SSSR count). The van der Waals surface area contributed by atoms with Crippen LogP contribution in [0, 0.1) is 5.92 Å². The van der Waals surface area contributed by atoms with Crippen LogP contribution < -0.4 is 0 Å². The molecule has 0 aromatic carbocycles. The molecule has 0 aliphatic heterocycles. The molecule has 1 N–H and O–H groups in total. The molecule has 0 fully saturated rings. The molecule has 18 heavy (non-hydrogen) atoms. The van der Waals surface area contributed by atoms with Crippen LogP contribution in [0.15, 0.2) is 18.5 Å². The minimum Gasteiger partial charge on any atom is -0.480 e. The van der Waals surface area contributed by atoms with Gasteiger partial charge in [0, 0.05) is 18.9 Å². The normalized spacial score (nSPS) is 12.4. The maximum Gasteiger partial charge on any atom is 0.323 e. The molecule has 6 nitrogen and oxygen atoms in total. The molecule has 0 spiro atoms. The van der Waals surface area contributed by atoms with Crippen LogP contribution in [-0.4, -0.2) is 44.8 Å². The van der Waals surface area contributed by atoms with Crippen LogP contribution in [0.5, 0.6) is 0 Å². The number of hydrogen-bond donors (Lipinski definition) is 1. The lowest BCUT2D eigenvalue weighted by Crippen LogP contribution is -2.41. The van der Waals surface area contributed by atoms with Crippen molar-refractivity contribution in [3.63, 3.8) is 0 Å². The predicted octanol–water partition coefficient (Wildman–Crippen LogP) is 1.01. The van der Waals surface area contributed by atoms with Crippen molar-refractivity contribution in [1.29, 1.82) is 0 Å². The zero-order chi connectivity index (χ0) is 13.7. The number of aliphatic carboxylic acids is 1. The summed E-state index contributed by atoms with van der Waals surface area (Å²) < 4.78 is 1.53. The van der Waals surface area contributed by atoms with Crippen molar-refractivity contribution in [2.45, 2.75) is 26.8 Å². The molecular formula is C12H19N3O3. The van der Waals surface area contributed by atoms with Crippen LogP contribution in [-0.2, 0) is 9.59 Å². The Bertz CT molecular complexity index is 401. The van der Waals surface area contributed by atoms with Gasteiger partial charge in [-0.15, -0.1) is 0 Å². The molecular weight excluding hydrogens is 234 g/mol. The fraction of sp³-hybridized carbons (Fsp3) is 0.583. The fourth-order valence-electron chi connectivity index (χ4n) is 1.72. The van der Waals surface area contributed by atoms with Crippen molar-refractivity contribution in [3.8, 4) is 0 Å². The first-order chi connectivity index (χ1) is 8.41. The molecule has 100 valence electrons. The number of amides is 1. The first-order valence-corrected chi connectivity index (χ1v) is 5.91. The van der Waals surface area contributed by atoms with E-state index in [-0.39, 0.29) is 18.4 Å². The van der Waals surface area contributed by atoms with E-state index in [1.165, 1.54) is 9.58 Å². The van der Waals surface area contributed by atoms with E-state index in [1.807, 2.05) is 13.8 Å². The summed E-state index contributed by atoms with van der Waals surface area (Å²) in [4.78, 5) is 24.4. The van der Waals surface area contributed by atoms with Crippen LogP contribution in [0.25, 0.3) is 0 Å². The second-order valence-corrected chi connectivity index (χ2v) is 4.67. The second kappa shape index (κ2) is 6.18. The third-order valence-corrected chi connectivity index (χ3v) is 2.50. The molecule has 0 bridgehead atoms. The van der Waals surface area contributed by atoms with Crippen LogP contribution in [0.4, 0.5) is 0 Å². The Kier molecular flexibility index (Phi) is 4.88. The van der Waals surface area contributed by atoms with Crippen molar-refractivity contribution in [2.24, 2.45) is 5.92 Å². The van der Waals surface area contributed by atoms with Crippen LogP contribution in [0.2, 0.25) is 0 Å². The summed E-state index contributed by atoms with van der Waals surface area (Å²) >= 11 is 0. The van der Waals surface area contributed by atoms with E-state index in [1.54, 1.807) is 25.4 Å². The largest absolute Gasteiger partial charge is 0.480 e. The smallest absolute Gasteiger partial charge is 0.323 e. The number of carboxylic acid groups (broad SMARTS) is 1.